The molecule has 2 heterocycles. The van der Waals surface area contributed by atoms with E-state index >= 15 is 0 Å². The molecule has 1 aromatic carbocycles. The molecule has 0 unspecified atom stereocenters. The van der Waals surface area contributed by atoms with Crippen molar-refractivity contribution in [3.8, 4) is 21.8 Å². The van der Waals surface area contributed by atoms with Gasteiger partial charge < -0.3 is 5.32 Å². The van der Waals surface area contributed by atoms with Gasteiger partial charge in [0.15, 0.2) is 0 Å². The third-order valence-electron chi connectivity index (χ3n) is 3.42. The lowest BCUT2D eigenvalue weighted by Crippen LogP contribution is -2.17. The van der Waals surface area contributed by atoms with Crippen LogP contribution in [0, 0.1) is 6.92 Å². The Morgan fingerprint density at radius 3 is 2.91 bits per heavy atom. The molecule has 0 fully saturated rings. The van der Waals surface area contributed by atoms with E-state index < -0.39 is 0 Å². The summed E-state index contributed by atoms with van der Waals surface area (Å²) in [7, 11) is 1.63. The van der Waals surface area contributed by atoms with E-state index in [1.807, 2.05) is 42.8 Å². The minimum absolute atomic E-state index is 0.0956. The first-order valence-electron chi connectivity index (χ1n) is 6.88. The van der Waals surface area contributed by atoms with Crippen LogP contribution in [0.3, 0.4) is 0 Å². The second kappa shape index (κ2) is 6.07. The number of pyridine rings is 1. The molecule has 0 bridgehead atoms. The first-order chi connectivity index (χ1) is 10.7. The van der Waals surface area contributed by atoms with Crippen molar-refractivity contribution in [3.05, 3.63) is 59.2 Å². The molecule has 3 aromatic rings. The second-order valence-electron chi connectivity index (χ2n) is 4.89. The zero-order valence-corrected chi connectivity index (χ0v) is 13.1. The van der Waals surface area contributed by atoms with Gasteiger partial charge in [0.1, 0.15) is 5.01 Å². The highest BCUT2D eigenvalue weighted by Crippen LogP contribution is 2.30. The Morgan fingerprint density at radius 1 is 1.27 bits per heavy atom. The van der Waals surface area contributed by atoms with E-state index in [0.29, 0.717) is 5.56 Å². The predicted octanol–water partition coefficient (Wildman–Crippen LogP) is 3.54. The summed E-state index contributed by atoms with van der Waals surface area (Å²) in [5.41, 5.74) is 4.67. The Kier molecular flexibility index (Phi) is 3.98. The lowest BCUT2D eigenvalue weighted by atomic mass is 10.1. The van der Waals surface area contributed by atoms with E-state index in [9.17, 15) is 4.79 Å². The third kappa shape index (κ3) is 2.76. The van der Waals surface area contributed by atoms with Gasteiger partial charge >= 0.3 is 0 Å². The number of benzene rings is 1. The molecule has 0 aliphatic rings. The van der Waals surface area contributed by atoms with Crippen LogP contribution in [0.4, 0.5) is 0 Å². The van der Waals surface area contributed by atoms with Gasteiger partial charge in [0, 0.05) is 41.5 Å². The Hall–Kier alpha value is -2.53. The van der Waals surface area contributed by atoms with Crippen molar-refractivity contribution in [1.82, 2.24) is 15.3 Å². The average molecular weight is 309 g/mol. The lowest BCUT2D eigenvalue weighted by molar-refractivity contribution is 0.0963. The fraction of sp³-hybridized carbons (Fsp3) is 0.118. The smallest absolute Gasteiger partial charge is 0.251 e. The third-order valence-corrected chi connectivity index (χ3v) is 4.31. The molecule has 0 spiro atoms. The van der Waals surface area contributed by atoms with Gasteiger partial charge in [0.25, 0.3) is 5.91 Å². The maximum absolute atomic E-state index is 11.7. The van der Waals surface area contributed by atoms with Crippen molar-refractivity contribution in [2.75, 3.05) is 7.05 Å². The summed E-state index contributed by atoms with van der Waals surface area (Å²) in [5.74, 6) is -0.0956. The Morgan fingerprint density at radius 2 is 2.14 bits per heavy atom. The molecule has 0 saturated carbocycles. The van der Waals surface area contributed by atoms with Crippen LogP contribution in [0.5, 0.6) is 0 Å². The van der Waals surface area contributed by atoms with Gasteiger partial charge in [-0.3, -0.25) is 9.78 Å². The number of nitrogens with one attached hydrogen (secondary N) is 1. The van der Waals surface area contributed by atoms with Gasteiger partial charge in [-0.1, -0.05) is 12.1 Å². The largest absolute Gasteiger partial charge is 0.355 e. The van der Waals surface area contributed by atoms with Crippen LogP contribution >= 0.6 is 11.3 Å². The molecular weight excluding hydrogens is 294 g/mol. The molecule has 1 N–H and O–H groups in total. The van der Waals surface area contributed by atoms with Crippen LogP contribution in [-0.2, 0) is 0 Å². The van der Waals surface area contributed by atoms with E-state index in [1.54, 1.807) is 30.6 Å². The maximum atomic E-state index is 11.7. The minimum Gasteiger partial charge on any atom is -0.355 e. The molecule has 0 aliphatic heterocycles. The first-order valence-corrected chi connectivity index (χ1v) is 7.76. The van der Waals surface area contributed by atoms with E-state index in [2.05, 4.69) is 15.3 Å². The van der Waals surface area contributed by atoms with E-state index in [4.69, 9.17) is 0 Å². The highest BCUT2D eigenvalue weighted by Gasteiger charge is 2.10. The number of hydrogen-bond acceptors (Lipinski definition) is 4. The van der Waals surface area contributed by atoms with Crippen molar-refractivity contribution in [2.24, 2.45) is 0 Å². The number of thiazole rings is 1. The molecule has 0 aliphatic carbocycles. The number of carbonyl (C=O) groups excluding carboxylic acids is 1. The van der Waals surface area contributed by atoms with Crippen LogP contribution in [0.25, 0.3) is 21.8 Å². The van der Waals surface area contributed by atoms with Gasteiger partial charge in [-0.05, 0) is 30.7 Å². The molecule has 5 heteroatoms. The van der Waals surface area contributed by atoms with Crippen LogP contribution in [-0.4, -0.2) is 22.9 Å². The fourth-order valence-electron chi connectivity index (χ4n) is 2.20. The van der Waals surface area contributed by atoms with E-state index in [-0.39, 0.29) is 5.91 Å². The summed E-state index contributed by atoms with van der Waals surface area (Å²) in [6.07, 6.45) is 3.61. The van der Waals surface area contributed by atoms with E-state index in [0.717, 1.165) is 27.4 Å². The molecule has 3 rings (SSSR count). The molecule has 110 valence electrons. The number of aryl methyl sites for hydroxylation is 1. The van der Waals surface area contributed by atoms with E-state index in [1.165, 1.54) is 0 Å². The summed E-state index contributed by atoms with van der Waals surface area (Å²) in [5, 5.41) is 5.55. The van der Waals surface area contributed by atoms with Crippen LogP contribution in [0.2, 0.25) is 0 Å². The number of carbonyl (C=O) groups is 1. The zero-order valence-electron chi connectivity index (χ0n) is 12.3. The number of nitrogens with zero attached hydrogens (tertiary/aromatic N) is 2. The Labute approximate surface area is 132 Å². The normalized spacial score (nSPS) is 10.5. The van der Waals surface area contributed by atoms with Crippen LogP contribution < -0.4 is 5.32 Å². The van der Waals surface area contributed by atoms with Gasteiger partial charge in [-0.25, -0.2) is 4.98 Å². The van der Waals surface area contributed by atoms with Crippen molar-refractivity contribution in [3.63, 3.8) is 0 Å². The fourth-order valence-corrected chi connectivity index (χ4v) is 3.02. The van der Waals surface area contributed by atoms with Crippen molar-refractivity contribution < 1.29 is 4.79 Å². The molecule has 22 heavy (non-hydrogen) atoms. The zero-order chi connectivity index (χ0) is 15.5. The quantitative estimate of drug-likeness (QED) is 0.805. The number of rotatable bonds is 3. The standard InChI is InChI=1S/C17H15N3OS/c1-11-6-7-19-9-14(11)15-10-22-17(20-15)13-5-3-4-12(8-13)16(21)18-2/h3-10H,1-2H3,(H,18,21). The highest BCUT2D eigenvalue weighted by atomic mass is 32.1. The van der Waals surface area contributed by atoms with Crippen LogP contribution in [0.1, 0.15) is 15.9 Å². The molecule has 0 saturated heterocycles. The SMILES string of the molecule is CNC(=O)c1cccc(-c2nc(-c3cnccc3C)cs2)c1. The summed E-state index contributed by atoms with van der Waals surface area (Å²) in [6, 6.07) is 9.46. The number of aromatic nitrogens is 2. The highest BCUT2D eigenvalue weighted by molar-refractivity contribution is 7.13. The summed E-state index contributed by atoms with van der Waals surface area (Å²) < 4.78 is 0. The van der Waals surface area contributed by atoms with Crippen molar-refractivity contribution >= 4 is 17.2 Å². The van der Waals surface area contributed by atoms with Gasteiger partial charge in [0.05, 0.1) is 5.69 Å². The lowest BCUT2D eigenvalue weighted by Gasteiger charge is -2.02. The molecular formula is C17H15N3OS. The topological polar surface area (TPSA) is 54.9 Å². The van der Waals surface area contributed by atoms with Gasteiger partial charge in [-0.15, -0.1) is 11.3 Å². The summed E-state index contributed by atoms with van der Waals surface area (Å²) >= 11 is 1.56. The Bertz CT molecular complexity index is 826. The summed E-state index contributed by atoms with van der Waals surface area (Å²) in [6.45, 7) is 2.04. The average Bonchev–Trinajstić information content (AvgIpc) is 3.04. The van der Waals surface area contributed by atoms with Crippen molar-refractivity contribution in [1.29, 1.82) is 0 Å². The van der Waals surface area contributed by atoms with Crippen molar-refractivity contribution in [2.45, 2.75) is 6.92 Å². The monoisotopic (exact) mass is 309 g/mol. The van der Waals surface area contributed by atoms with Gasteiger partial charge in [-0.2, -0.15) is 0 Å². The van der Waals surface area contributed by atoms with Crippen LogP contribution in [0.15, 0.2) is 48.1 Å². The molecule has 0 atom stereocenters. The first kappa shape index (κ1) is 14.4. The minimum atomic E-state index is -0.0956. The predicted molar refractivity (Wildman–Crippen MR) is 88.9 cm³/mol. The number of hydrogen-bond donors (Lipinski definition) is 1. The van der Waals surface area contributed by atoms with Gasteiger partial charge in [0.2, 0.25) is 0 Å². The summed E-state index contributed by atoms with van der Waals surface area (Å²) in [4.78, 5) is 20.6. The molecule has 0 radical (unpaired) electrons. The molecule has 1 amide bonds. The molecule has 2 aromatic heterocycles. The second-order valence-corrected chi connectivity index (χ2v) is 5.75. The molecule has 4 nitrogen and oxygen atoms in total. The Balaban J connectivity index is 1.98. The number of amides is 1. The maximum Gasteiger partial charge on any atom is 0.251 e.